The van der Waals surface area contributed by atoms with Gasteiger partial charge >= 0.3 is 6.09 Å². The lowest BCUT2D eigenvalue weighted by molar-refractivity contribution is 0.0141. The molecule has 0 atom stereocenters. The summed E-state index contributed by atoms with van der Waals surface area (Å²) in [5.41, 5.74) is -0.412. The fourth-order valence-electron chi connectivity index (χ4n) is 2.24. The number of carbonyl (C=O) groups excluding carboxylic acids is 1. The number of hydrogen-bond acceptors (Lipinski definition) is 4. The summed E-state index contributed by atoms with van der Waals surface area (Å²) in [5.74, 6) is 0. The molecule has 21 heavy (non-hydrogen) atoms. The standard InChI is InChI=1S/C16H32N2O3/c1-14(2)20-13-7-6-8-17-9-11-18(12-10-17)15(19)21-16(3,4)5/h14H,6-13H2,1-5H3. The van der Waals surface area contributed by atoms with Crippen molar-refractivity contribution in [3.05, 3.63) is 0 Å². The third kappa shape index (κ3) is 8.27. The fraction of sp³-hybridized carbons (Fsp3) is 0.938. The van der Waals surface area contributed by atoms with E-state index in [1.807, 2.05) is 25.7 Å². The highest BCUT2D eigenvalue weighted by Gasteiger charge is 2.25. The Kier molecular flexibility index (Phi) is 7.46. The first kappa shape index (κ1) is 18.2. The second-order valence-corrected chi connectivity index (χ2v) is 6.94. The number of rotatable bonds is 6. The number of amides is 1. The highest BCUT2D eigenvalue weighted by atomic mass is 16.6. The minimum Gasteiger partial charge on any atom is -0.444 e. The molecule has 0 aromatic heterocycles. The molecule has 1 aliphatic rings. The molecule has 1 aliphatic heterocycles. The lowest BCUT2D eigenvalue weighted by atomic mass is 10.2. The van der Waals surface area contributed by atoms with E-state index in [1.165, 1.54) is 0 Å². The van der Waals surface area contributed by atoms with Crippen molar-refractivity contribution in [2.45, 2.75) is 59.2 Å². The molecule has 1 heterocycles. The lowest BCUT2D eigenvalue weighted by Gasteiger charge is -2.35. The summed E-state index contributed by atoms with van der Waals surface area (Å²) in [5, 5.41) is 0. The van der Waals surface area contributed by atoms with E-state index < -0.39 is 5.60 Å². The largest absolute Gasteiger partial charge is 0.444 e. The van der Waals surface area contributed by atoms with Gasteiger partial charge in [-0.3, -0.25) is 4.90 Å². The maximum atomic E-state index is 12.0. The molecule has 0 spiro atoms. The van der Waals surface area contributed by atoms with Gasteiger partial charge in [-0.25, -0.2) is 4.79 Å². The molecule has 0 bridgehead atoms. The Morgan fingerprint density at radius 1 is 1.10 bits per heavy atom. The molecule has 124 valence electrons. The minimum atomic E-state index is -0.412. The minimum absolute atomic E-state index is 0.188. The third-order valence-electron chi connectivity index (χ3n) is 3.34. The van der Waals surface area contributed by atoms with Crippen molar-refractivity contribution in [2.24, 2.45) is 0 Å². The molecule has 1 amide bonds. The first-order chi connectivity index (χ1) is 9.78. The quantitative estimate of drug-likeness (QED) is 0.707. The van der Waals surface area contributed by atoms with E-state index in [0.29, 0.717) is 6.10 Å². The average molecular weight is 300 g/mol. The summed E-state index contributed by atoms with van der Waals surface area (Å²) < 4.78 is 10.9. The van der Waals surface area contributed by atoms with E-state index in [1.54, 1.807) is 0 Å². The topological polar surface area (TPSA) is 42.0 Å². The van der Waals surface area contributed by atoms with Crippen LogP contribution >= 0.6 is 0 Å². The number of piperazine rings is 1. The number of hydrogen-bond donors (Lipinski definition) is 0. The molecule has 0 N–H and O–H groups in total. The van der Waals surface area contributed by atoms with Crippen molar-refractivity contribution in [3.8, 4) is 0 Å². The van der Waals surface area contributed by atoms with Crippen LogP contribution in [-0.4, -0.2) is 66.9 Å². The van der Waals surface area contributed by atoms with Crippen LogP contribution < -0.4 is 0 Å². The smallest absolute Gasteiger partial charge is 0.410 e. The number of carbonyl (C=O) groups is 1. The van der Waals surface area contributed by atoms with Gasteiger partial charge in [0, 0.05) is 32.8 Å². The monoisotopic (exact) mass is 300 g/mol. The van der Waals surface area contributed by atoms with Crippen molar-refractivity contribution in [2.75, 3.05) is 39.3 Å². The molecule has 1 fully saturated rings. The van der Waals surface area contributed by atoms with Crippen LogP contribution in [-0.2, 0) is 9.47 Å². The predicted octanol–water partition coefficient (Wildman–Crippen LogP) is 2.74. The predicted molar refractivity (Wildman–Crippen MR) is 84.6 cm³/mol. The van der Waals surface area contributed by atoms with Gasteiger partial charge in [0.15, 0.2) is 0 Å². The summed E-state index contributed by atoms with van der Waals surface area (Å²) >= 11 is 0. The lowest BCUT2D eigenvalue weighted by Crippen LogP contribution is -2.50. The molecule has 0 aliphatic carbocycles. The molecule has 0 saturated carbocycles. The van der Waals surface area contributed by atoms with Gasteiger partial charge < -0.3 is 14.4 Å². The average Bonchev–Trinajstić information content (AvgIpc) is 2.36. The molecule has 0 aromatic carbocycles. The summed E-state index contributed by atoms with van der Waals surface area (Å²) in [6, 6.07) is 0. The van der Waals surface area contributed by atoms with Gasteiger partial charge in [-0.2, -0.15) is 0 Å². The highest BCUT2D eigenvalue weighted by molar-refractivity contribution is 5.68. The van der Waals surface area contributed by atoms with E-state index in [2.05, 4.69) is 18.7 Å². The second-order valence-electron chi connectivity index (χ2n) is 6.94. The summed E-state index contributed by atoms with van der Waals surface area (Å²) in [4.78, 5) is 16.2. The summed E-state index contributed by atoms with van der Waals surface area (Å²) in [7, 11) is 0. The Labute approximate surface area is 129 Å². The van der Waals surface area contributed by atoms with Gasteiger partial charge in [0.2, 0.25) is 0 Å². The molecular formula is C16H32N2O3. The van der Waals surface area contributed by atoms with Crippen LogP contribution in [0.3, 0.4) is 0 Å². The van der Waals surface area contributed by atoms with Gasteiger partial charge in [-0.15, -0.1) is 0 Å². The number of unbranched alkanes of at least 4 members (excludes halogenated alkanes) is 1. The maximum absolute atomic E-state index is 12.0. The first-order valence-electron chi connectivity index (χ1n) is 8.10. The normalized spacial score (nSPS) is 17.3. The Morgan fingerprint density at radius 2 is 1.71 bits per heavy atom. The number of nitrogens with zero attached hydrogens (tertiary/aromatic N) is 2. The highest BCUT2D eigenvalue weighted by Crippen LogP contribution is 2.12. The van der Waals surface area contributed by atoms with E-state index in [4.69, 9.17) is 9.47 Å². The number of ether oxygens (including phenoxy) is 2. The van der Waals surface area contributed by atoms with E-state index in [0.717, 1.165) is 52.2 Å². The van der Waals surface area contributed by atoms with Crippen LogP contribution in [0.15, 0.2) is 0 Å². The Balaban J connectivity index is 2.13. The molecule has 1 saturated heterocycles. The molecule has 0 unspecified atom stereocenters. The van der Waals surface area contributed by atoms with Gasteiger partial charge in [-0.1, -0.05) is 0 Å². The van der Waals surface area contributed by atoms with Crippen molar-refractivity contribution < 1.29 is 14.3 Å². The van der Waals surface area contributed by atoms with Gasteiger partial charge in [0.05, 0.1) is 6.10 Å². The second kappa shape index (κ2) is 8.59. The Bertz CT molecular complexity index is 305. The van der Waals surface area contributed by atoms with Crippen LogP contribution in [0.4, 0.5) is 4.79 Å². The van der Waals surface area contributed by atoms with Crippen molar-refractivity contribution in [3.63, 3.8) is 0 Å². The third-order valence-corrected chi connectivity index (χ3v) is 3.34. The molecule has 0 aromatic rings. The van der Waals surface area contributed by atoms with Crippen LogP contribution in [0.1, 0.15) is 47.5 Å². The van der Waals surface area contributed by atoms with E-state index >= 15 is 0 Å². The van der Waals surface area contributed by atoms with E-state index in [-0.39, 0.29) is 6.09 Å². The summed E-state index contributed by atoms with van der Waals surface area (Å²) in [6.45, 7) is 15.2. The van der Waals surface area contributed by atoms with Crippen LogP contribution in [0.25, 0.3) is 0 Å². The fourth-order valence-corrected chi connectivity index (χ4v) is 2.24. The zero-order chi connectivity index (χ0) is 15.9. The van der Waals surface area contributed by atoms with Gasteiger partial charge in [0.25, 0.3) is 0 Å². The Hall–Kier alpha value is -0.810. The van der Waals surface area contributed by atoms with Crippen LogP contribution in [0, 0.1) is 0 Å². The van der Waals surface area contributed by atoms with Crippen LogP contribution in [0.2, 0.25) is 0 Å². The molecule has 0 radical (unpaired) electrons. The van der Waals surface area contributed by atoms with Crippen molar-refractivity contribution in [1.82, 2.24) is 9.80 Å². The zero-order valence-corrected chi connectivity index (χ0v) is 14.4. The molecule has 5 nitrogen and oxygen atoms in total. The molecule has 5 heteroatoms. The summed E-state index contributed by atoms with van der Waals surface area (Å²) in [6.07, 6.45) is 2.39. The molecule has 1 rings (SSSR count). The van der Waals surface area contributed by atoms with Crippen LogP contribution in [0.5, 0.6) is 0 Å². The van der Waals surface area contributed by atoms with Gasteiger partial charge in [-0.05, 0) is 54.0 Å². The SMILES string of the molecule is CC(C)OCCCCN1CCN(C(=O)OC(C)(C)C)CC1. The van der Waals surface area contributed by atoms with Crippen molar-refractivity contribution >= 4 is 6.09 Å². The zero-order valence-electron chi connectivity index (χ0n) is 14.4. The van der Waals surface area contributed by atoms with Gasteiger partial charge in [0.1, 0.15) is 5.60 Å². The van der Waals surface area contributed by atoms with Crippen molar-refractivity contribution in [1.29, 1.82) is 0 Å². The maximum Gasteiger partial charge on any atom is 0.410 e. The Morgan fingerprint density at radius 3 is 2.24 bits per heavy atom. The van der Waals surface area contributed by atoms with E-state index in [9.17, 15) is 4.79 Å². The molecular weight excluding hydrogens is 268 g/mol. The first-order valence-corrected chi connectivity index (χ1v) is 8.10.